The van der Waals surface area contributed by atoms with Crippen molar-refractivity contribution in [3.63, 3.8) is 0 Å². The van der Waals surface area contributed by atoms with Gasteiger partial charge in [-0.2, -0.15) is 0 Å². The highest BCUT2D eigenvalue weighted by Gasteiger charge is 2.37. The van der Waals surface area contributed by atoms with Crippen LogP contribution in [0.2, 0.25) is 5.02 Å². The number of nitrogens with zero attached hydrogens (tertiary/aromatic N) is 1. The van der Waals surface area contributed by atoms with Crippen LogP contribution in [0.5, 0.6) is 5.75 Å². The van der Waals surface area contributed by atoms with Gasteiger partial charge in [-0.3, -0.25) is 14.9 Å². The summed E-state index contributed by atoms with van der Waals surface area (Å²) in [6.07, 6.45) is 1.35. The molecule has 178 valence electrons. The van der Waals surface area contributed by atoms with Crippen molar-refractivity contribution < 1.29 is 23.5 Å². The van der Waals surface area contributed by atoms with E-state index in [-0.39, 0.29) is 23.7 Å². The number of hydrogen-bond acceptors (Lipinski definition) is 4. The molecule has 3 aromatic rings. The van der Waals surface area contributed by atoms with Gasteiger partial charge >= 0.3 is 6.03 Å². The highest BCUT2D eigenvalue weighted by atomic mass is 79.9. The first-order chi connectivity index (χ1) is 16.6. The minimum absolute atomic E-state index is 0.114. The number of rotatable bonds is 5. The van der Waals surface area contributed by atoms with Crippen molar-refractivity contribution in [2.24, 2.45) is 0 Å². The molecule has 1 aliphatic rings. The van der Waals surface area contributed by atoms with Crippen LogP contribution in [0.1, 0.15) is 16.7 Å². The van der Waals surface area contributed by atoms with E-state index in [1.807, 2.05) is 0 Å². The fourth-order valence-electron chi connectivity index (χ4n) is 3.34. The molecule has 0 aliphatic carbocycles. The van der Waals surface area contributed by atoms with E-state index in [0.29, 0.717) is 25.3 Å². The van der Waals surface area contributed by atoms with Gasteiger partial charge in [0.25, 0.3) is 11.8 Å². The highest BCUT2D eigenvalue weighted by Crippen LogP contribution is 2.36. The fourth-order valence-corrected chi connectivity index (χ4v) is 4.89. The lowest BCUT2D eigenvalue weighted by molar-refractivity contribution is -0.122. The lowest BCUT2D eigenvalue weighted by atomic mass is 10.1. The van der Waals surface area contributed by atoms with Crippen LogP contribution in [-0.2, 0) is 16.2 Å². The van der Waals surface area contributed by atoms with Crippen LogP contribution in [0.15, 0.2) is 69.1 Å². The molecule has 1 aliphatic heterocycles. The van der Waals surface area contributed by atoms with E-state index in [0.717, 1.165) is 16.0 Å². The van der Waals surface area contributed by atoms with E-state index in [4.69, 9.17) is 16.3 Å². The van der Waals surface area contributed by atoms with Crippen molar-refractivity contribution in [3.8, 4) is 5.75 Å². The Labute approximate surface area is 222 Å². The first kappa shape index (κ1) is 25.1. The molecule has 4 amide bonds. The summed E-state index contributed by atoms with van der Waals surface area (Å²) in [5, 5.41) is 2.56. The zero-order valence-electron chi connectivity index (χ0n) is 18.1. The molecule has 1 fully saturated rings. The Morgan fingerprint density at radius 3 is 2.46 bits per heavy atom. The van der Waals surface area contributed by atoms with Crippen LogP contribution >= 0.6 is 43.5 Å². The SMILES string of the molecule is Cc1ccc(N2C(=O)NC(=O)/C(=C\c3cc(Br)cc(Br)c3OCc3ccc(F)cc3)C2=O)cc1Cl. The molecule has 0 spiro atoms. The van der Waals surface area contributed by atoms with Crippen LogP contribution in [0.3, 0.4) is 0 Å². The number of ether oxygens (including phenoxy) is 1. The first-order valence-electron chi connectivity index (χ1n) is 10.2. The van der Waals surface area contributed by atoms with Gasteiger partial charge in [0.1, 0.15) is 23.7 Å². The van der Waals surface area contributed by atoms with Crippen LogP contribution in [0.25, 0.3) is 6.08 Å². The number of benzene rings is 3. The second-order valence-electron chi connectivity index (χ2n) is 7.61. The van der Waals surface area contributed by atoms with Crippen molar-refractivity contribution in [1.29, 1.82) is 0 Å². The number of halogens is 4. The van der Waals surface area contributed by atoms with Gasteiger partial charge < -0.3 is 4.74 Å². The molecule has 0 saturated carbocycles. The number of carbonyl (C=O) groups excluding carboxylic acids is 3. The minimum Gasteiger partial charge on any atom is -0.487 e. The van der Waals surface area contributed by atoms with Gasteiger partial charge in [-0.1, -0.05) is 45.7 Å². The van der Waals surface area contributed by atoms with Crippen molar-refractivity contribution in [2.45, 2.75) is 13.5 Å². The third-order valence-corrected chi connectivity index (χ3v) is 6.60. The Bertz CT molecular complexity index is 1390. The van der Waals surface area contributed by atoms with Crippen LogP contribution < -0.4 is 15.0 Å². The smallest absolute Gasteiger partial charge is 0.335 e. The van der Waals surface area contributed by atoms with Crippen LogP contribution in [0, 0.1) is 12.7 Å². The average Bonchev–Trinajstić information content (AvgIpc) is 2.79. The quantitative estimate of drug-likeness (QED) is 0.259. The normalized spacial score (nSPS) is 14.9. The molecule has 35 heavy (non-hydrogen) atoms. The molecule has 0 aromatic heterocycles. The van der Waals surface area contributed by atoms with Gasteiger partial charge in [0.15, 0.2) is 0 Å². The summed E-state index contributed by atoms with van der Waals surface area (Å²) in [6, 6.07) is 13.1. The second-order valence-corrected chi connectivity index (χ2v) is 9.79. The molecule has 1 N–H and O–H groups in total. The van der Waals surface area contributed by atoms with Gasteiger partial charge in [0, 0.05) is 15.1 Å². The van der Waals surface area contributed by atoms with E-state index < -0.39 is 17.8 Å². The second kappa shape index (κ2) is 10.3. The van der Waals surface area contributed by atoms with Crippen molar-refractivity contribution in [1.82, 2.24) is 5.32 Å². The number of amides is 4. The zero-order chi connectivity index (χ0) is 25.3. The molecule has 0 bridgehead atoms. The zero-order valence-corrected chi connectivity index (χ0v) is 22.0. The fraction of sp³-hybridized carbons (Fsp3) is 0.0800. The van der Waals surface area contributed by atoms with E-state index in [1.54, 1.807) is 43.3 Å². The summed E-state index contributed by atoms with van der Waals surface area (Å²) < 4.78 is 20.4. The summed E-state index contributed by atoms with van der Waals surface area (Å²) in [4.78, 5) is 39.3. The number of imide groups is 2. The van der Waals surface area contributed by atoms with E-state index in [2.05, 4.69) is 37.2 Å². The molecule has 0 atom stereocenters. The maximum atomic E-state index is 13.3. The lowest BCUT2D eigenvalue weighted by Gasteiger charge is -2.26. The standard InChI is InChI=1S/C25H16Br2ClFN2O4/c1-13-2-7-18(11-21(13)28)31-24(33)19(23(32)30-25(31)34)9-15-8-16(26)10-20(27)22(15)35-12-14-3-5-17(29)6-4-14/h2-11H,12H2,1H3,(H,30,32,34)/b19-9+. The molecule has 1 heterocycles. The summed E-state index contributed by atoms with van der Waals surface area (Å²) in [6.45, 7) is 1.90. The average molecular weight is 623 g/mol. The van der Waals surface area contributed by atoms with E-state index in [9.17, 15) is 18.8 Å². The molecule has 3 aromatic carbocycles. The summed E-state index contributed by atoms with van der Waals surface area (Å²) in [7, 11) is 0. The monoisotopic (exact) mass is 620 g/mol. The van der Waals surface area contributed by atoms with Gasteiger partial charge in [-0.25, -0.2) is 14.1 Å². The highest BCUT2D eigenvalue weighted by molar-refractivity contribution is 9.11. The van der Waals surface area contributed by atoms with Crippen LogP contribution in [-0.4, -0.2) is 17.8 Å². The predicted octanol–water partition coefficient (Wildman–Crippen LogP) is 6.56. The number of hydrogen-bond donors (Lipinski definition) is 1. The molecule has 0 radical (unpaired) electrons. The lowest BCUT2D eigenvalue weighted by Crippen LogP contribution is -2.54. The van der Waals surface area contributed by atoms with Crippen molar-refractivity contribution in [2.75, 3.05) is 4.90 Å². The van der Waals surface area contributed by atoms with Gasteiger partial charge in [0.05, 0.1) is 10.2 Å². The maximum absolute atomic E-state index is 13.3. The van der Waals surface area contributed by atoms with E-state index >= 15 is 0 Å². The molecular formula is C25H16Br2ClFN2O4. The number of barbiturate groups is 1. The maximum Gasteiger partial charge on any atom is 0.335 e. The third kappa shape index (κ3) is 5.47. The number of aryl methyl sites for hydroxylation is 1. The largest absolute Gasteiger partial charge is 0.487 e. The Morgan fingerprint density at radius 1 is 1.06 bits per heavy atom. The molecule has 0 unspecified atom stereocenters. The van der Waals surface area contributed by atoms with Gasteiger partial charge in [-0.05, 0) is 76.5 Å². The van der Waals surface area contributed by atoms with Crippen molar-refractivity contribution >= 4 is 73.1 Å². The third-order valence-electron chi connectivity index (χ3n) is 5.15. The summed E-state index contributed by atoms with van der Waals surface area (Å²) in [5.74, 6) is -1.65. The molecular weight excluding hydrogens is 607 g/mol. The Kier molecular flexibility index (Phi) is 7.39. The van der Waals surface area contributed by atoms with Crippen molar-refractivity contribution in [3.05, 3.63) is 96.6 Å². The Balaban J connectivity index is 1.71. The summed E-state index contributed by atoms with van der Waals surface area (Å²) >= 11 is 13.0. The van der Waals surface area contributed by atoms with E-state index in [1.165, 1.54) is 24.3 Å². The number of carbonyl (C=O) groups is 3. The number of anilines is 1. The molecule has 6 nitrogen and oxygen atoms in total. The summed E-state index contributed by atoms with van der Waals surface area (Å²) in [5.41, 5.74) is 1.86. The predicted molar refractivity (Wildman–Crippen MR) is 138 cm³/mol. The van der Waals surface area contributed by atoms with Gasteiger partial charge in [-0.15, -0.1) is 0 Å². The minimum atomic E-state index is -0.875. The Hall–Kier alpha value is -3.01. The first-order valence-corrected chi connectivity index (χ1v) is 12.1. The number of urea groups is 1. The Morgan fingerprint density at radius 2 is 1.77 bits per heavy atom. The van der Waals surface area contributed by atoms with Gasteiger partial charge in [0.2, 0.25) is 0 Å². The number of nitrogens with one attached hydrogen (secondary N) is 1. The molecule has 10 heteroatoms. The molecule has 4 rings (SSSR count). The molecule has 1 saturated heterocycles. The topological polar surface area (TPSA) is 75.7 Å². The van der Waals surface area contributed by atoms with Crippen LogP contribution in [0.4, 0.5) is 14.9 Å².